The monoisotopic (exact) mass is 441 g/mol. The third kappa shape index (κ3) is 7.92. The van der Waals surface area contributed by atoms with Crippen LogP contribution in [0.4, 0.5) is 0 Å². The third-order valence-corrected chi connectivity index (χ3v) is 5.96. The van der Waals surface area contributed by atoms with E-state index in [1.54, 1.807) is 18.9 Å². The molecule has 3 rings (SSSR count). The summed E-state index contributed by atoms with van der Waals surface area (Å²) in [7, 11) is 5.47. The Morgan fingerprint density at radius 3 is 2.58 bits per heavy atom. The lowest BCUT2D eigenvalue weighted by atomic mass is 10.0. The number of thioether (sulfide) groups is 1. The lowest BCUT2D eigenvalue weighted by molar-refractivity contribution is 0.0833. The summed E-state index contributed by atoms with van der Waals surface area (Å²) in [5, 5.41) is 4.17. The van der Waals surface area contributed by atoms with Gasteiger partial charge in [0.1, 0.15) is 0 Å². The SMILES string of the molecule is COC(=NCc1ccc(CSc2cccc(ON=CC3CCOCC3)c2)cc1)N(C)C. The number of hydrogen-bond donors (Lipinski definition) is 0. The number of ether oxygens (including phenoxy) is 2. The van der Waals surface area contributed by atoms with Crippen molar-refractivity contribution >= 4 is 24.0 Å². The maximum absolute atomic E-state index is 5.58. The summed E-state index contributed by atoms with van der Waals surface area (Å²) >= 11 is 1.78. The number of rotatable bonds is 8. The van der Waals surface area contributed by atoms with E-state index < -0.39 is 0 Å². The van der Waals surface area contributed by atoms with Crippen LogP contribution in [0.2, 0.25) is 0 Å². The molecule has 0 unspecified atom stereocenters. The molecule has 0 saturated carbocycles. The predicted octanol–water partition coefficient (Wildman–Crippen LogP) is 4.83. The summed E-state index contributed by atoms with van der Waals surface area (Å²) in [4.78, 5) is 13.1. The Morgan fingerprint density at radius 2 is 1.87 bits per heavy atom. The Hall–Kier alpha value is -2.51. The Bertz CT molecular complexity index is 863. The van der Waals surface area contributed by atoms with Gasteiger partial charge in [-0.2, -0.15) is 0 Å². The van der Waals surface area contributed by atoms with Gasteiger partial charge in [0.15, 0.2) is 5.75 Å². The zero-order chi connectivity index (χ0) is 21.9. The van der Waals surface area contributed by atoms with Gasteiger partial charge in [-0.15, -0.1) is 11.8 Å². The highest BCUT2D eigenvalue weighted by atomic mass is 32.2. The molecule has 0 amide bonds. The van der Waals surface area contributed by atoms with Crippen molar-refractivity contribution in [2.75, 3.05) is 34.4 Å². The van der Waals surface area contributed by atoms with Gasteiger partial charge >= 0.3 is 0 Å². The normalized spacial score (nSPS) is 15.3. The first kappa shape index (κ1) is 23.2. The third-order valence-electron chi connectivity index (χ3n) is 4.89. The Labute approximate surface area is 189 Å². The van der Waals surface area contributed by atoms with E-state index in [9.17, 15) is 0 Å². The van der Waals surface area contributed by atoms with Gasteiger partial charge in [-0.05, 0) is 42.2 Å². The molecular formula is C24H31N3O3S. The van der Waals surface area contributed by atoms with E-state index >= 15 is 0 Å². The molecule has 1 heterocycles. The molecule has 31 heavy (non-hydrogen) atoms. The molecule has 1 fully saturated rings. The fourth-order valence-electron chi connectivity index (χ4n) is 3.12. The number of nitrogens with zero attached hydrogens (tertiary/aromatic N) is 3. The molecule has 0 aliphatic carbocycles. The van der Waals surface area contributed by atoms with Crippen molar-refractivity contribution in [1.29, 1.82) is 0 Å². The lowest BCUT2D eigenvalue weighted by Crippen LogP contribution is -2.23. The maximum Gasteiger partial charge on any atom is 0.286 e. The molecule has 1 aliphatic heterocycles. The molecule has 0 bridgehead atoms. The van der Waals surface area contributed by atoms with Gasteiger partial charge in [0.25, 0.3) is 6.02 Å². The molecule has 7 heteroatoms. The van der Waals surface area contributed by atoms with Crippen LogP contribution in [-0.2, 0) is 21.8 Å². The van der Waals surface area contributed by atoms with Crippen LogP contribution in [0.25, 0.3) is 0 Å². The number of amidine groups is 1. The second-order valence-corrected chi connectivity index (χ2v) is 8.62. The van der Waals surface area contributed by atoms with Crippen molar-refractivity contribution < 1.29 is 14.3 Å². The van der Waals surface area contributed by atoms with E-state index in [0.29, 0.717) is 18.5 Å². The van der Waals surface area contributed by atoms with Crippen LogP contribution in [-0.4, -0.2) is 51.6 Å². The highest BCUT2D eigenvalue weighted by molar-refractivity contribution is 7.98. The van der Waals surface area contributed by atoms with E-state index in [0.717, 1.165) is 48.0 Å². The largest absolute Gasteiger partial charge is 0.468 e. The quantitative estimate of drug-likeness (QED) is 0.254. The first-order chi connectivity index (χ1) is 15.1. The molecule has 0 radical (unpaired) electrons. The van der Waals surface area contributed by atoms with Gasteiger partial charge in [-0.3, -0.25) is 0 Å². The fraction of sp³-hybridized carbons (Fsp3) is 0.417. The van der Waals surface area contributed by atoms with E-state index in [-0.39, 0.29) is 0 Å². The second-order valence-electron chi connectivity index (χ2n) is 7.57. The van der Waals surface area contributed by atoms with Crippen LogP contribution >= 0.6 is 11.8 Å². The van der Waals surface area contributed by atoms with Crippen LogP contribution in [0, 0.1) is 5.92 Å². The summed E-state index contributed by atoms with van der Waals surface area (Å²) in [6, 6.07) is 17.2. The standard InChI is InChI=1S/C24H31N3O3S/c1-27(2)24(28-3)25-16-19-7-9-21(10-8-19)18-31-23-6-4-5-22(15-23)30-26-17-20-11-13-29-14-12-20/h4-10,15,17,20H,11-14,16,18H2,1-3H3. The molecule has 0 aromatic heterocycles. The first-order valence-corrected chi connectivity index (χ1v) is 11.5. The molecule has 1 aliphatic rings. The second kappa shape index (κ2) is 12.4. The van der Waals surface area contributed by atoms with E-state index in [1.807, 2.05) is 43.4 Å². The zero-order valence-electron chi connectivity index (χ0n) is 18.5. The van der Waals surface area contributed by atoms with Crippen molar-refractivity contribution in [2.45, 2.75) is 30.0 Å². The number of aliphatic imine (C=N–C) groups is 1. The minimum absolute atomic E-state index is 0.448. The Balaban J connectivity index is 1.48. The van der Waals surface area contributed by atoms with Gasteiger partial charge in [-0.25, -0.2) is 4.99 Å². The lowest BCUT2D eigenvalue weighted by Gasteiger charge is -2.17. The van der Waals surface area contributed by atoms with E-state index in [1.165, 1.54) is 5.56 Å². The minimum Gasteiger partial charge on any atom is -0.468 e. The molecule has 0 N–H and O–H groups in total. The van der Waals surface area contributed by atoms with Crippen molar-refractivity contribution in [3.8, 4) is 5.75 Å². The Morgan fingerprint density at radius 1 is 1.13 bits per heavy atom. The maximum atomic E-state index is 5.58. The zero-order valence-corrected chi connectivity index (χ0v) is 19.3. The molecule has 0 spiro atoms. The number of hydrogen-bond acceptors (Lipinski definition) is 6. The topological polar surface area (TPSA) is 55.6 Å². The van der Waals surface area contributed by atoms with Crippen LogP contribution < -0.4 is 4.84 Å². The van der Waals surface area contributed by atoms with Gasteiger partial charge in [-0.1, -0.05) is 35.5 Å². The van der Waals surface area contributed by atoms with Gasteiger partial charge in [0.05, 0.1) is 13.7 Å². The first-order valence-electron chi connectivity index (χ1n) is 10.5. The number of methoxy groups -OCH3 is 1. The number of oxime groups is 1. The van der Waals surface area contributed by atoms with Crippen molar-refractivity contribution in [2.24, 2.45) is 16.1 Å². The van der Waals surface area contributed by atoms with E-state index in [4.69, 9.17) is 14.3 Å². The summed E-state index contributed by atoms with van der Waals surface area (Å²) in [6.07, 6.45) is 3.93. The molecule has 2 aromatic carbocycles. The summed E-state index contributed by atoms with van der Waals surface area (Å²) in [5.74, 6) is 2.10. The molecule has 0 atom stereocenters. The highest BCUT2D eigenvalue weighted by Gasteiger charge is 2.11. The average molecular weight is 442 g/mol. The van der Waals surface area contributed by atoms with Crippen molar-refractivity contribution in [3.05, 3.63) is 59.7 Å². The highest BCUT2D eigenvalue weighted by Crippen LogP contribution is 2.26. The van der Waals surface area contributed by atoms with Gasteiger partial charge in [0.2, 0.25) is 0 Å². The summed E-state index contributed by atoms with van der Waals surface area (Å²) in [6.45, 7) is 2.21. The fourth-order valence-corrected chi connectivity index (χ4v) is 4.02. The van der Waals surface area contributed by atoms with Crippen LogP contribution in [0.5, 0.6) is 5.75 Å². The van der Waals surface area contributed by atoms with E-state index in [2.05, 4.69) is 40.5 Å². The Kier molecular flexibility index (Phi) is 9.24. The van der Waals surface area contributed by atoms with Crippen LogP contribution in [0.3, 0.4) is 0 Å². The minimum atomic E-state index is 0.448. The predicted molar refractivity (Wildman–Crippen MR) is 127 cm³/mol. The molecule has 1 saturated heterocycles. The van der Waals surface area contributed by atoms with Gasteiger partial charge in [0, 0.05) is 50.1 Å². The molecule has 6 nitrogen and oxygen atoms in total. The summed E-state index contributed by atoms with van der Waals surface area (Å²) in [5.41, 5.74) is 2.42. The molecular weight excluding hydrogens is 410 g/mol. The average Bonchev–Trinajstić information content (AvgIpc) is 2.80. The molecule has 2 aromatic rings. The smallest absolute Gasteiger partial charge is 0.286 e. The van der Waals surface area contributed by atoms with Crippen molar-refractivity contribution in [1.82, 2.24) is 4.90 Å². The summed E-state index contributed by atoms with van der Waals surface area (Å²) < 4.78 is 10.6. The molecule has 166 valence electrons. The van der Waals surface area contributed by atoms with Crippen LogP contribution in [0.1, 0.15) is 24.0 Å². The van der Waals surface area contributed by atoms with Gasteiger partial charge < -0.3 is 19.2 Å². The van der Waals surface area contributed by atoms with Crippen LogP contribution in [0.15, 0.2) is 63.6 Å². The number of benzene rings is 2. The van der Waals surface area contributed by atoms with Crippen molar-refractivity contribution in [3.63, 3.8) is 0 Å².